The first-order chi connectivity index (χ1) is 14.6. The molecule has 0 saturated carbocycles. The second-order valence-corrected chi connectivity index (χ2v) is 7.02. The van der Waals surface area contributed by atoms with Crippen LogP contribution < -0.4 is 20.2 Å². The van der Waals surface area contributed by atoms with Crippen LogP contribution in [0.2, 0.25) is 0 Å². The van der Waals surface area contributed by atoms with E-state index in [9.17, 15) is 0 Å². The summed E-state index contributed by atoms with van der Waals surface area (Å²) in [6.07, 6.45) is 1.69. The van der Waals surface area contributed by atoms with Crippen LogP contribution in [0.15, 0.2) is 77.9 Å². The van der Waals surface area contributed by atoms with Crippen LogP contribution in [0.1, 0.15) is 23.6 Å². The fourth-order valence-corrected chi connectivity index (χ4v) is 2.97. The molecular formula is C24H25N3O2S. The van der Waals surface area contributed by atoms with E-state index < -0.39 is 0 Å². The fourth-order valence-electron chi connectivity index (χ4n) is 2.80. The first-order valence-corrected chi connectivity index (χ1v) is 10.1. The summed E-state index contributed by atoms with van der Waals surface area (Å²) in [5.41, 5.74) is 6.91. The van der Waals surface area contributed by atoms with Crippen LogP contribution in [0.25, 0.3) is 0 Å². The van der Waals surface area contributed by atoms with Crippen molar-refractivity contribution in [3.05, 3.63) is 89.5 Å². The highest BCUT2D eigenvalue weighted by molar-refractivity contribution is 7.80. The number of thiocarbonyl (C=S) groups is 1. The summed E-state index contributed by atoms with van der Waals surface area (Å²) in [6.45, 7) is 5.04. The van der Waals surface area contributed by atoms with Gasteiger partial charge in [-0.2, -0.15) is 5.10 Å². The van der Waals surface area contributed by atoms with Gasteiger partial charge in [0.1, 0.15) is 6.61 Å². The van der Waals surface area contributed by atoms with Crippen LogP contribution >= 0.6 is 12.2 Å². The Kier molecular flexibility index (Phi) is 7.80. The average Bonchev–Trinajstić information content (AvgIpc) is 2.74. The number of hydrazone groups is 1. The van der Waals surface area contributed by atoms with Crippen LogP contribution in [0.4, 0.5) is 5.69 Å². The number of ether oxygens (including phenoxy) is 2. The predicted molar refractivity (Wildman–Crippen MR) is 127 cm³/mol. The maximum atomic E-state index is 5.98. The summed E-state index contributed by atoms with van der Waals surface area (Å²) in [4.78, 5) is 0. The molecule has 2 N–H and O–H groups in total. The van der Waals surface area contributed by atoms with E-state index in [1.165, 1.54) is 5.56 Å². The molecule has 3 aromatic carbocycles. The van der Waals surface area contributed by atoms with Crippen molar-refractivity contribution in [3.8, 4) is 11.5 Å². The highest BCUT2D eigenvalue weighted by Crippen LogP contribution is 2.29. The van der Waals surface area contributed by atoms with Crippen LogP contribution in [0.3, 0.4) is 0 Å². The van der Waals surface area contributed by atoms with Gasteiger partial charge in [-0.05, 0) is 67.5 Å². The number of anilines is 1. The molecule has 0 amide bonds. The lowest BCUT2D eigenvalue weighted by Gasteiger charge is -2.13. The Morgan fingerprint density at radius 1 is 0.967 bits per heavy atom. The molecule has 0 aliphatic rings. The Morgan fingerprint density at radius 3 is 2.57 bits per heavy atom. The zero-order chi connectivity index (χ0) is 21.2. The molecule has 0 radical (unpaired) electrons. The zero-order valence-electron chi connectivity index (χ0n) is 17.1. The molecule has 30 heavy (non-hydrogen) atoms. The number of nitrogens with zero attached hydrogens (tertiary/aromatic N) is 1. The van der Waals surface area contributed by atoms with E-state index >= 15 is 0 Å². The van der Waals surface area contributed by atoms with Gasteiger partial charge in [-0.1, -0.05) is 48.0 Å². The van der Waals surface area contributed by atoms with Crippen molar-refractivity contribution in [2.24, 2.45) is 5.10 Å². The van der Waals surface area contributed by atoms with Gasteiger partial charge in [-0.15, -0.1) is 0 Å². The number of hydrogen-bond acceptors (Lipinski definition) is 4. The molecule has 6 heteroatoms. The lowest BCUT2D eigenvalue weighted by Crippen LogP contribution is -2.23. The molecule has 5 nitrogen and oxygen atoms in total. The van der Waals surface area contributed by atoms with Crippen molar-refractivity contribution in [2.75, 3.05) is 11.9 Å². The molecule has 0 aromatic heterocycles. The topological polar surface area (TPSA) is 54.9 Å². The maximum Gasteiger partial charge on any atom is 0.191 e. The van der Waals surface area contributed by atoms with Crippen LogP contribution in [-0.2, 0) is 6.61 Å². The number of para-hydroxylation sites is 1. The Labute approximate surface area is 182 Å². The lowest BCUT2D eigenvalue weighted by atomic mass is 10.1. The third-order valence-corrected chi connectivity index (χ3v) is 4.35. The van der Waals surface area contributed by atoms with E-state index in [4.69, 9.17) is 21.7 Å². The Balaban J connectivity index is 1.60. The molecule has 0 fully saturated rings. The van der Waals surface area contributed by atoms with E-state index in [1.54, 1.807) is 6.21 Å². The number of nitrogens with one attached hydrogen (secondary N) is 2. The van der Waals surface area contributed by atoms with E-state index in [-0.39, 0.29) is 0 Å². The Bertz CT molecular complexity index is 1010. The van der Waals surface area contributed by atoms with Crippen LogP contribution in [-0.4, -0.2) is 17.9 Å². The van der Waals surface area contributed by atoms with Crippen molar-refractivity contribution < 1.29 is 9.47 Å². The molecule has 0 heterocycles. The molecule has 0 bridgehead atoms. The second-order valence-electron chi connectivity index (χ2n) is 6.61. The first-order valence-electron chi connectivity index (χ1n) is 9.74. The highest BCUT2D eigenvalue weighted by Gasteiger charge is 2.07. The summed E-state index contributed by atoms with van der Waals surface area (Å²) < 4.78 is 11.7. The summed E-state index contributed by atoms with van der Waals surface area (Å²) >= 11 is 5.25. The predicted octanol–water partition coefficient (Wildman–Crippen LogP) is 5.29. The second kappa shape index (κ2) is 11.0. The number of rotatable bonds is 8. The molecular weight excluding hydrogens is 394 g/mol. The SMILES string of the molecule is CCOc1cc(/C=N\NC(=S)Nc2ccccc2)ccc1OCc1cccc(C)c1. The van der Waals surface area contributed by atoms with E-state index in [1.807, 2.05) is 67.6 Å². The average molecular weight is 420 g/mol. The molecule has 154 valence electrons. The third kappa shape index (κ3) is 6.60. The Morgan fingerprint density at radius 2 is 1.80 bits per heavy atom. The first kappa shape index (κ1) is 21.3. The van der Waals surface area contributed by atoms with Gasteiger partial charge in [-0.25, -0.2) is 0 Å². The molecule has 0 aliphatic heterocycles. The maximum absolute atomic E-state index is 5.98. The van der Waals surface area contributed by atoms with Gasteiger partial charge in [0.15, 0.2) is 16.6 Å². The monoisotopic (exact) mass is 419 g/mol. The van der Waals surface area contributed by atoms with Crippen LogP contribution in [0, 0.1) is 6.92 Å². The van der Waals surface area contributed by atoms with E-state index in [0.29, 0.717) is 29.8 Å². The molecule has 0 aliphatic carbocycles. The number of hydrogen-bond donors (Lipinski definition) is 2. The van der Waals surface area contributed by atoms with Gasteiger partial charge < -0.3 is 14.8 Å². The smallest absolute Gasteiger partial charge is 0.191 e. The molecule has 3 aromatic rings. The lowest BCUT2D eigenvalue weighted by molar-refractivity contribution is 0.269. The van der Waals surface area contributed by atoms with Gasteiger partial charge >= 0.3 is 0 Å². The van der Waals surface area contributed by atoms with Crippen molar-refractivity contribution in [1.29, 1.82) is 0 Å². The minimum absolute atomic E-state index is 0.417. The van der Waals surface area contributed by atoms with Gasteiger partial charge in [0.05, 0.1) is 12.8 Å². The van der Waals surface area contributed by atoms with Crippen molar-refractivity contribution in [3.63, 3.8) is 0 Å². The van der Waals surface area contributed by atoms with Crippen molar-refractivity contribution in [1.82, 2.24) is 5.43 Å². The minimum Gasteiger partial charge on any atom is -0.490 e. The molecule has 0 saturated heterocycles. The van der Waals surface area contributed by atoms with Gasteiger partial charge in [-0.3, -0.25) is 5.43 Å². The summed E-state index contributed by atoms with van der Waals surface area (Å²) in [7, 11) is 0. The standard InChI is InChI=1S/C24H25N3O2S/c1-3-28-23-15-19(16-25-27-24(30)26-21-10-5-4-6-11-21)12-13-22(23)29-17-20-9-7-8-18(2)14-20/h4-16H,3,17H2,1-2H3,(H2,26,27,30)/b25-16-. The van der Waals surface area contributed by atoms with E-state index in [2.05, 4.69) is 34.9 Å². The summed E-state index contributed by atoms with van der Waals surface area (Å²) in [5.74, 6) is 1.38. The minimum atomic E-state index is 0.417. The summed E-state index contributed by atoms with van der Waals surface area (Å²) in [6, 6.07) is 23.7. The van der Waals surface area contributed by atoms with Gasteiger partial charge in [0.2, 0.25) is 0 Å². The number of aryl methyl sites for hydroxylation is 1. The zero-order valence-corrected chi connectivity index (χ0v) is 17.9. The highest BCUT2D eigenvalue weighted by atomic mass is 32.1. The van der Waals surface area contributed by atoms with Crippen molar-refractivity contribution in [2.45, 2.75) is 20.5 Å². The molecule has 0 atom stereocenters. The summed E-state index contributed by atoms with van der Waals surface area (Å²) in [5, 5.41) is 7.68. The van der Waals surface area contributed by atoms with E-state index in [0.717, 1.165) is 16.8 Å². The quantitative estimate of drug-likeness (QED) is 0.295. The van der Waals surface area contributed by atoms with Gasteiger partial charge in [0, 0.05) is 5.69 Å². The Hall–Kier alpha value is -3.38. The third-order valence-electron chi connectivity index (χ3n) is 4.16. The van der Waals surface area contributed by atoms with Crippen molar-refractivity contribution >= 4 is 29.2 Å². The fraction of sp³-hybridized carbons (Fsp3) is 0.167. The molecule has 3 rings (SSSR count). The molecule has 0 spiro atoms. The van der Waals surface area contributed by atoms with Gasteiger partial charge in [0.25, 0.3) is 0 Å². The normalized spacial score (nSPS) is 10.6. The number of benzene rings is 3. The largest absolute Gasteiger partial charge is 0.490 e. The van der Waals surface area contributed by atoms with Crippen LogP contribution in [0.5, 0.6) is 11.5 Å². The molecule has 0 unspecified atom stereocenters.